The van der Waals surface area contributed by atoms with Crippen LogP contribution in [-0.4, -0.2) is 36.5 Å². The minimum absolute atomic E-state index is 0.0583. The molecule has 0 aromatic heterocycles. The van der Waals surface area contributed by atoms with Crippen LogP contribution < -0.4 is 20.7 Å². The molecule has 0 spiro atoms. The van der Waals surface area contributed by atoms with Gasteiger partial charge in [0.05, 0.1) is 19.1 Å². The molecule has 2 unspecified atom stereocenters. The SMILES string of the molecule is CC.N=Cc1cc(OCCCC2C=CC3=C(NCCC3)N2)ccc1NC(CC(=O)O)c1ccccc1. The Kier molecular flexibility index (Phi) is 10.4. The standard InChI is InChI=1S/C27H32N4O3.C2H6/c28-18-21-16-23(34-15-5-9-22-11-10-20-8-4-14-29-27(20)30-22)12-13-24(21)31-25(17-26(32)33)19-6-2-1-3-7-19;1-2/h1-3,6-7,10-13,16,18,22,25,28-31H,4-5,8-9,14-15,17H2,(H,32,33);1-2H3. The Morgan fingerprint density at radius 1 is 1.25 bits per heavy atom. The molecule has 7 heteroatoms. The smallest absolute Gasteiger partial charge is 0.305 e. The van der Waals surface area contributed by atoms with E-state index in [0.717, 1.165) is 31.4 Å². The van der Waals surface area contributed by atoms with Crippen LogP contribution in [0, 0.1) is 5.41 Å². The van der Waals surface area contributed by atoms with E-state index in [1.54, 1.807) is 0 Å². The van der Waals surface area contributed by atoms with Crippen LogP contribution >= 0.6 is 0 Å². The first-order valence-corrected chi connectivity index (χ1v) is 12.8. The van der Waals surface area contributed by atoms with Gasteiger partial charge in [-0.1, -0.05) is 56.3 Å². The molecule has 0 fully saturated rings. The van der Waals surface area contributed by atoms with Crippen LogP contribution in [0.2, 0.25) is 0 Å². The van der Waals surface area contributed by atoms with Gasteiger partial charge in [0.2, 0.25) is 0 Å². The van der Waals surface area contributed by atoms with Gasteiger partial charge in [-0.25, -0.2) is 0 Å². The van der Waals surface area contributed by atoms with Gasteiger partial charge < -0.3 is 31.2 Å². The number of carboxylic acids is 1. The van der Waals surface area contributed by atoms with Gasteiger partial charge in [0.25, 0.3) is 0 Å². The van der Waals surface area contributed by atoms with E-state index >= 15 is 0 Å². The molecule has 7 nitrogen and oxygen atoms in total. The molecule has 2 atom stereocenters. The average molecular weight is 491 g/mol. The number of aliphatic carboxylic acids is 1. The van der Waals surface area contributed by atoms with Crippen molar-refractivity contribution in [3.05, 3.63) is 83.2 Å². The maximum Gasteiger partial charge on any atom is 0.305 e. The maximum absolute atomic E-state index is 11.4. The van der Waals surface area contributed by atoms with Gasteiger partial charge in [0.1, 0.15) is 11.6 Å². The molecule has 2 aromatic rings. The molecule has 2 aromatic carbocycles. The van der Waals surface area contributed by atoms with Crippen molar-refractivity contribution in [1.29, 1.82) is 5.41 Å². The second kappa shape index (κ2) is 14.0. The molecular formula is C29H38N4O3. The molecule has 0 radical (unpaired) electrons. The number of anilines is 1. The Labute approximate surface area is 214 Å². The fourth-order valence-electron chi connectivity index (χ4n) is 4.35. The third kappa shape index (κ3) is 7.63. The first-order chi connectivity index (χ1) is 17.6. The van der Waals surface area contributed by atoms with E-state index in [1.807, 2.05) is 62.4 Å². The van der Waals surface area contributed by atoms with Crippen molar-refractivity contribution in [2.24, 2.45) is 0 Å². The molecule has 2 heterocycles. The predicted octanol–water partition coefficient (Wildman–Crippen LogP) is 5.62. The number of carboxylic acid groups (broad SMARTS) is 1. The zero-order valence-corrected chi connectivity index (χ0v) is 21.2. The van der Waals surface area contributed by atoms with Gasteiger partial charge in [-0.2, -0.15) is 0 Å². The summed E-state index contributed by atoms with van der Waals surface area (Å²) in [5, 5.41) is 27.5. The van der Waals surface area contributed by atoms with Crippen LogP contribution in [0.5, 0.6) is 5.75 Å². The average Bonchev–Trinajstić information content (AvgIpc) is 2.92. The summed E-state index contributed by atoms with van der Waals surface area (Å²) in [6.07, 6.45) is 9.86. The molecular weight excluding hydrogens is 452 g/mol. The van der Waals surface area contributed by atoms with E-state index in [4.69, 9.17) is 10.1 Å². The summed E-state index contributed by atoms with van der Waals surface area (Å²) in [6, 6.07) is 14.9. The zero-order valence-electron chi connectivity index (χ0n) is 21.2. The summed E-state index contributed by atoms with van der Waals surface area (Å²) < 4.78 is 5.95. The second-order valence-electron chi connectivity index (χ2n) is 8.63. The number of hydrogen-bond donors (Lipinski definition) is 5. The third-order valence-corrected chi connectivity index (χ3v) is 6.12. The van der Waals surface area contributed by atoms with E-state index in [0.29, 0.717) is 29.6 Å². The fourth-order valence-corrected chi connectivity index (χ4v) is 4.35. The monoisotopic (exact) mass is 490 g/mol. The lowest BCUT2D eigenvalue weighted by molar-refractivity contribution is -0.137. The quantitative estimate of drug-likeness (QED) is 0.207. The van der Waals surface area contributed by atoms with Crippen LogP contribution in [0.15, 0.2) is 72.1 Å². The van der Waals surface area contributed by atoms with Crippen LogP contribution in [0.25, 0.3) is 0 Å². The van der Waals surface area contributed by atoms with E-state index in [-0.39, 0.29) is 6.42 Å². The topological polar surface area (TPSA) is 106 Å². The number of benzene rings is 2. The van der Waals surface area contributed by atoms with Crippen molar-refractivity contribution >= 4 is 17.9 Å². The summed E-state index contributed by atoms with van der Waals surface area (Å²) in [4.78, 5) is 11.4. The third-order valence-electron chi connectivity index (χ3n) is 6.12. The molecule has 2 aliphatic rings. The van der Waals surface area contributed by atoms with Gasteiger partial charge >= 0.3 is 5.97 Å². The first kappa shape index (κ1) is 26.9. The Balaban J connectivity index is 0.00000176. The van der Waals surface area contributed by atoms with Gasteiger partial charge in [0.15, 0.2) is 0 Å². The Bertz CT molecular complexity index is 1070. The lowest BCUT2D eigenvalue weighted by atomic mass is 10.00. The molecule has 4 rings (SSSR count). The van der Waals surface area contributed by atoms with Gasteiger partial charge in [-0.3, -0.25) is 4.79 Å². The summed E-state index contributed by atoms with van der Waals surface area (Å²) in [7, 11) is 0. The molecule has 0 amide bonds. The number of allylic oxidation sites excluding steroid dienone is 2. The largest absolute Gasteiger partial charge is 0.494 e. The van der Waals surface area contributed by atoms with Crippen LogP contribution in [-0.2, 0) is 4.79 Å². The summed E-state index contributed by atoms with van der Waals surface area (Å²) in [5.74, 6) is 0.992. The summed E-state index contributed by atoms with van der Waals surface area (Å²) >= 11 is 0. The second-order valence-corrected chi connectivity index (χ2v) is 8.63. The van der Waals surface area contributed by atoms with Gasteiger partial charge in [-0.05, 0) is 55.0 Å². The highest BCUT2D eigenvalue weighted by Gasteiger charge is 2.18. The van der Waals surface area contributed by atoms with E-state index in [9.17, 15) is 9.90 Å². The Morgan fingerprint density at radius 3 is 2.81 bits per heavy atom. The summed E-state index contributed by atoms with van der Waals surface area (Å²) in [5.41, 5.74) is 3.61. The molecule has 0 saturated heterocycles. The number of hydrogen-bond acceptors (Lipinski definition) is 6. The van der Waals surface area contributed by atoms with Crippen LogP contribution in [0.3, 0.4) is 0 Å². The molecule has 36 heavy (non-hydrogen) atoms. The Hall–Kier alpha value is -3.74. The minimum atomic E-state index is -0.883. The molecule has 2 aliphatic heterocycles. The molecule has 0 saturated carbocycles. The van der Waals surface area contributed by atoms with Crippen LogP contribution in [0.1, 0.15) is 63.1 Å². The van der Waals surface area contributed by atoms with E-state index in [1.165, 1.54) is 24.0 Å². The van der Waals surface area contributed by atoms with Crippen LogP contribution in [0.4, 0.5) is 5.69 Å². The molecule has 0 aliphatic carbocycles. The summed E-state index contributed by atoms with van der Waals surface area (Å²) in [6.45, 7) is 5.61. The highest BCUT2D eigenvalue weighted by molar-refractivity contribution is 5.86. The lowest BCUT2D eigenvalue weighted by Crippen LogP contribution is -2.39. The zero-order chi connectivity index (χ0) is 25.8. The normalized spacial score (nSPS) is 16.9. The van der Waals surface area contributed by atoms with Crippen molar-refractivity contribution in [3.8, 4) is 5.75 Å². The number of dihydropyridines is 1. The lowest BCUT2D eigenvalue weighted by Gasteiger charge is -2.29. The highest BCUT2D eigenvalue weighted by Crippen LogP contribution is 2.27. The number of carbonyl (C=O) groups is 1. The number of nitrogens with one attached hydrogen (secondary N) is 4. The first-order valence-electron chi connectivity index (χ1n) is 12.8. The predicted molar refractivity (Wildman–Crippen MR) is 146 cm³/mol. The fraction of sp³-hybridized carbons (Fsp3) is 0.379. The van der Waals surface area contributed by atoms with Crippen molar-refractivity contribution in [1.82, 2.24) is 10.6 Å². The minimum Gasteiger partial charge on any atom is -0.494 e. The maximum atomic E-state index is 11.4. The van der Waals surface area contributed by atoms with Gasteiger partial charge in [0, 0.05) is 30.1 Å². The van der Waals surface area contributed by atoms with Crippen molar-refractivity contribution in [2.75, 3.05) is 18.5 Å². The van der Waals surface area contributed by atoms with E-state index in [2.05, 4.69) is 28.1 Å². The number of ether oxygens (including phenoxy) is 1. The van der Waals surface area contributed by atoms with Crippen molar-refractivity contribution < 1.29 is 14.6 Å². The number of rotatable bonds is 11. The van der Waals surface area contributed by atoms with Crippen molar-refractivity contribution in [3.63, 3.8) is 0 Å². The molecule has 192 valence electrons. The molecule has 0 bridgehead atoms. The Morgan fingerprint density at radius 2 is 2.06 bits per heavy atom. The van der Waals surface area contributed by atoms with Crippen molar-refractivity contribution in [2.45, 2.75) is 58.0 Å². The highest BCUT2D eigenvalue weighted by atomic mass is 16.5. The van der Waals surface area contributed by atoms with Gasteiger partial charge in [-0.15, -0.1) is 0 Å². The molecule has 5 N–H and O–H groups in total. The van der Waals surface area contributed by atoms with E-state index < -0.39 is 12.0 Å².